The van der Waals surface area contributed by atoms with Crippen LogP contribution in [-0.2, 0) is 4.79 Å². The third kappa shape index (κ3) is 1.96. The molecule has 7 fully saturated rings. The number of quaternary nitrogens is 1. The van der Waals surface area contributed by atoms with Crippen LogP contribution in [0.4, 0.5) is 0 Å². The highest BCUT2D eigenvalue weighted by molar-refractivity contribution is 5.86. The van der Waals surface area contributed by atoms with Gasteiger partial charge in [-0.1, -0.05) is 0 Å². The number of fused-ring (bicyclic) bond motifs is 3. The van der Waals surface area contributed by atoms with Crippen LogP contribution in [0.2, 0.25) is 0 Å². The van der Waals surface area contributed by atoms with E-state index in [1.807, 2.05) is 0 Å². The van der Waals surface area contributed by atoms with E-state index in [0.29, 0.717) is 5.78 Å². The van der Waals surface area contributed by atoms with Crippen molar-refractivity contribution in [3.8, 4) is 0 Å². The molecule has 0 aromatic heterocycles. The lowest BCUT2D eigenvalue weighted by atomic mass is 9.48. The average molecular weight is 289 g/mol. The normalized spacial score (nSPS) is 54.1. The Morgan fingerprint density at radius 3 is 1.86 bits per heavy atom. The summed E-state index contributed by atoms with van der Waals surface area (Å²) in [6.07, 6.45) is 8.10. The highest BCUT2D eigenvalue weighted by Gasteiger charge is 2.56. The van der Waals surface area contributed by atoms with E-state index in [0.717, 1.165) is 28.8 Å². The minimum absolute atomic E-state index is 0.135. The van der Waals surface area contributed by atoms with Gasteiger partial charge in [0.2, 0.25) is 0 Å². The van der Waals surface area contributed by atoms with E-state index in [2.05, 4.69) is 4.90 Å². The number of nitrogens with zero attached hydrogens (tertiary/aromatic N) is 2. The fourth-order valence-corrected chi connectivity index (χ4v) is 6.89. The monoisotopic (exact) mass is 289 g/mol. The topological polar surface area (TPSA) is 20.3 Å². The van der Waals surface area contributed by atoms with Crippen molar-refractivity contribution in [1.29, 1.82) is 0 Å². The molecule has 6 bridgehead atoms. The molecule has 0 aromatic rings. The smallest absolute Gasteiger partial charge is 0.193 e. The zero-order chi connectivity index (χ0) is 14.1. The summed E-state index contributed by atoms with van der Waals surface area (Å²) in [5, 5.41) is 0. The fraction of sp³-hybridized carbons (Fsp3) is 0.944. The van der Waals surface area contributed by atoms with Crippen LogP contribution in [-0.4, -0.2) is 61.0 Å². The maximum absolute atomic E-state index is 13.3. The van der Waals surface area contributed by atoms with Gasteiger partial charge in [-0.25, -0.2) is 0 Å². The minimum atomic E-state index is 0.135. The lowest BCUT2D eigenvalue weighted by Crippen LogP contribution is -2.69. The highest BCUT2D eigenvalue weighted by atomic mass is 16.1. The van der Waals surface area contributed by atoms with Crippen LogP contribution in [0, 0.1) is 23.2 Å². The van der Waals surface area contributed by atoms with Crippen LogP contribution in [0.5, 0.6) is 0 Å². The second kappa shape index (κ2) is 4.32. The van der Waals surface area contributed by atoms with Crippen molar-refractivity contribution < 1.29 is 9.28 Å². The van der Waals surface area contributed by atoms with Crippen molar-refractivity contribution in [3.63, 3.8) is 0 Å². The lowest BCUT2D eigenvalue weighted by molar-refractivity contribution is -0.934. The Labute approximate surface area is 128 Å². The number of carbonyl (C=O) groups is 1. The van der Waals surface area contributed by atoms with E-state index in [-0.39, 0.29) is 5.41 Å². The summed E-state index contributed by atoms with van der Waals surface area (Å²) in [5.74, 6) is 3.38. The van der Waals surface area contributed by atoms with E-state index in [4.69, 9.17) is 0 Å². The first kappa shape index (κ1) is 13.1. The predicted octanol–water partition coefficient (Wildman–Crippen LogP) is 1.92. The van der Waals surface area contributed by atoms with Gasteiger partial charge in [-0.05, 0) is 56.3 Å². The van der Waals surface area contributed by atoms with Gasteiger partial charge in [-0.15, -0.1) is 0 Å². The molecular weight excluding hydrogens is 260 g/mol. The van der Waals surface area contributed by atoms with Crippen LogP contribution in [0.15, 0.2) is 0 Å². The molecule has 7 aliphatic rings. The average Bonchev–Trinajstić information content (AvgIpc) is 2.47. The summed E-state index contributed by atoms with van der Waals surface area (Å²) >= 11 is 0. The SMILES string of the molecule is O=C(C[N+]12CCN(CC1)CC2)C12CC3CC(CC(C3)C1)C2. The van der Waals surface area contributed by atoms with Gasteiger partial charge in [0.25, 0.3) is 0 Å². The van der Waals surface area contributed by atoms with Crippen LogP contribution in [0.3, 0.4) is 0 Å². The highest BCUT2D eigenvalue weighted by Crippen LogP contribution is 2.60. The first-order chi connectivity index (χ1) is 10.1. The Morgan fingerprint density at radius 1 is 0.905 bits per heavy atom. The number of ketones is 1. The maximum Gasteiger partial charge on any atom is 0.193 e. The molecule has 3 saturated heterocycles. The predicted molar refractivity (Wildman–Crippen MR) is 81.8 cm³/mol. The van der Waals surface area contributed by atoms with Crippen molar-refractivity contribution in [2.24, 2.45) is 23.2 Å². The summed E-state index contributed by atoms with van der Waals surface area (Å²) in [6, 6.07) is 0. The molecule has 0 atom stereocenters. The first-order valence-corrected chi connectivity index (χ1v) is 9.26. The van der Waals surface area contributed by atoms with E-state index < -0.39 is 0 Å². The molecule has 0 amide bonds. The molecule has 116 valence electrons. The molecule has 7 rings (SSSR count). The van der Waals surface area contributed by atoms with E-state index in [1.54, 1.807) is 0 Å². The molecule has 0 spiro atoms. The number of carbonyl (C=O) groups excluding carboxylic acids is 1. The summed E-state index contributed by atoms with van der Waals surface area (Å²) in [4.78, 5) is 15.9. The number of Topliss-reactive ketones (excluding diaryl/α,β-unsaturated/α-hetero) is 1. The van der Waals surface area contributed by atoms with Gasteiger partial charge in [0.1, 0.15) is 6.54 Å². The summed E-state index contributed by atoms with van der Waals surface area (Å²) in [5.41, 5.74) is 0.135. The summed E-state index contributed by atoms with van der Waals surface area (Å²) < 4.78 is 1.14. The Bertz CT molecular complexity index is 415. The third-order valence-corrected chi connectivity index (χ3v) is 7.78. The summed E-state index contributed by atoms with van der Waals surface area (Å²) in [6.45, 7) is 8.27. The van der Waals surface area contributed by atoms with Gasteiger partial charge in [-0.3, -0.25) is 9.69 Å². The lowest BCUT2D eigenvalue weighted by Gasteiger charge is -2.57. The number of hydrogen-bond donors (Lipinski definition) is 0. The molecule has 3 nitrogen and oxygen atoms in total. The van der Waals surface area contributed by atoms with E-state index >= 15 is 0 Å². The Morgan fingerprint density at radius 2 is 1.38 bits per heavy atom. The van der Waals surface area contributed by atoms with Gasteiger partial charge in [0.15, 0.2) is 5.78 Å². The molecule has 4 saturated carbocycles. The Balaban J connectivity index is 1.36. The largest absolute Gasteiger partial charge is 0.314 e. The number of piperazine rings is 3. The molecule has 4 aliphatic carbocycles. The molecule has 21 heavy (non-hydrogen) atoms. The molecule has 0 N–H and O–H groups in total. The molecule has 0 radical (unpaired) electrons. The van der Waals surface area contributed by atoms with E-state index in [9.17, 15) is 4.79 Å². The quantitative estimate of drug-likeness (QED) is 0.740. The third-order valence-electron chi connectivity index (χ3n) is 7.78. The minimum Gasteiger partial charge on any atom is -0.314 e. The Kier molecular flexibility index (Phi) is 2.69. The molecule has 0 unspecified atom stereocenters. The number of rotatable bonds is 3. The van der Waals surface area contributed by atoms with Crippen molar-refractivity contribution >= 4 is 5.78 Å². The van der Waals surface area contributed by atoms with E-state index in [1.165, 1.54) is 77.8 Å². The Hall–Kier alpha value is -0.410. The molecule has 3 heteroatoms. The van der Waals surface area contributed by atoms with Crippen LogP contribution < -0.4 is 0 Å². The van der Waals surface area contributed by atoms with Crippen LogP contribution >= 0.6 is 0 Å². The molecule has 3 heterocycles. The molecular formula is C18H29N2O+. The first-order valence-electron chi connectivity index (χ1n) is 9.26. The van der Waals surface area contributed by atoms with Gasteiger partial charge >= 0.3 is 0 Å². The van der Waals surface area contributed by atoms with Crippen molar-refractivity contribution in [2.75, 3.05) is 45.8 Å². The summed E-state index contributed by atoms with van der Waals surface area (Å²) in [7, 11) is 0. The van der Waals surface area contributed by atoms with Crippen molar-refractivity contribution in [3.05, 3.63) is 0 Å². The van der Waals surface area contributed by atoms with Gasteiger partial charge in [0.05, 0.1) is 19.6 Å². The van der Waals surface area contributed by atoms with Gasteiger partial charge in [-0.2, -0.15) is 0 Å². The second-order valence-electron chi connectivity index (χ2n) is 9.13. The molecule has 3 aliphatic heterocycles. The van der Waals surface area contributed by atoms with Crippen LogP contribution in [0.25, 0.3) is 0 Å². The number of hydrogen-bond acceptors (Lipinski definition) is 2. The zero-order valence-corrected chi connectivity index (χ0v) is 13.2. The maximum atomic E-state index is 13.3. The standard InChI is InChI=1S/C18H29N2O/c21-17(13-20-4-1-19(2-5-20)3-6-20)18-10-14-7-15(11-18)9-16(8-14)12-18/h14-16H,1-13H2/q+1. The fourth-order valence-electron chi connectivity index (χ4n) is 6.89. The van der Waals surface area contributed by atoms with Gasteiger partial charge in [0, 0.05) is 25.0 Å². The van der Waals surface area contributed by atoms with Crippen LogP contribution in [0.1, 0.15) is 38.5 Å². The van der Waals surface area contributed by atoms with Crippen molar-refractivity contribution in [1.82, 2.24) is 4.90 Å². The van der Waals surface area contributed by atoms with Crippen molar-refractivity contribution in [2.45, 2.75) is 38.5 Å². The van der Waals surface area contributed by atoms with Gasteiger partial charge < -0.3 is 4.48 Å². The second-order valence-corrected chi connectivity index (χ2v) is 9.13. The molecule has 0 aromatic carbocycles. The zero-order valence-electron chi connectivity index (χ0n) is 13.2.